The Kier molecular flexibility index (Phi) is 4.71. The molecule has 0 amide bonds. The van der Waals surface area contributed by atoms with Crippen LogP contribution < -0.4 is 0 Å². The minimum atomic E-state index is -0.461. The van der Waals surface area contributed by atoms with Crippen LogP contribution in [0.5, 0.6) is 0 Å². The maximum absolute atomic E-state index is 10.1. The Labute approximate surface area is 104 Å². The molecule has 1 aromatic heterocycles. The number of aliphatic hydroxyl groups excluding tert-OH is 1. The van der Waals surface area contributed by atoms with Crippen molar-refractivity contribution in [2.24, 2.45) is 0 Å². The fourth-order valence-electron chi connectivity index (χ4n) is 1.56. The molecule has 1 heterocycles. The molecular formula is C13H24N2O2. The first-order chi connectivity index (χ1) is 7.85. The Bertz CT molecular complexity index is 345. The number of hydrogen-bond donors (Lipinski definition) is 1. The fraction of sp³-hybridized carbons (Fsp3) is 0.769. The van der Waals surface area contributed by atoms with E-state index in [1.807, 2.05) is 24.7 Å². The Morgan fingerprint density at radius 2 is 2.12 bits per heavy atom. The smallest absolute Gasteiger partial charge is 0.0821 e. The third-order valence-electron chi connectivity index (χ3n) is 3.11. The minimum Gasteiger partial charge on any atom is -0.388 e. The van der Waals surface area contributed by atoms with E-state index in [4.69, 9.17) is 4.74 Å². The molecule has 0 aliphatic rings. The Hall–Kier alpha value is -0.870. The lowest BCUT2D eigenvalue weighted by atomic mass is 9.98. The molecule has 0 saturated carbocycles. The van der Waals surface area contributed by atoms with Crippen LogP contribution in [0.4, 0.5) is 0 Å². The summed E-state index contributed by atoms with van der Waals surface area (Å²) in [5.41, 5.74) is 0.695. The van der Waals surface area contributed by atoms with Crippen molar-refractivity contribution >= 4 is 0 Å². The molecule has 0 spiro atoms. The maximum Gasteiger partial charge on any atom is 0.0821 e. The van der Waals surface area contributed by atoms with E-state index >= 15 is 0 Å². The quantitative estimate of drug-likeness (QED) is 0.831. The molecule has 17 heavy (non-hydrogen) atoms. The van der Waals surface area contributed by atoms with Crippen LogP contribution in [0.3, 0.4) is 0 Å². The average molecular weight is 240 g/mol. The van der Waals surface area contributed by atoms with Crippen LogP contribution in [0.1, 0.15) is 58.2 Å². The second-order valence-corrected chi connectivity index (χ2v) is 5.37. The number of ether oxygens (including phenoxy) is 1. The Balaban J connectivity index is 2.55. The number of hydrogen-bond acceptors (Lipinski definition) is 3. The van der Waals surface area contributed by atoms with Gasteiger partial charge in [-0.3, -0.25) is 4.68 Å². The summed E-state index contributed by atoms with van der Waals surface area (Å²) >= 11 is 0. The summed E-state index contributed by atoms with van der Waals surface area (Å²) in [6, 6.07) is 0.325. The zero-order chi connectivity index (χ0) is 13.1. The van der Waals surface area contributed by atoms with Crippen LogP contribution in [-0.2, 0) is 4.74 Å². The first-order valence-corrected chi connectivity index (χ1v) is 6.13. The lowest BCUT2D eigenvalue weighted by Crippen LogP contribution is -2.23. The second-order valence-electron chi connectivity index (χ2n) is 5.37. The number of methoxy groups -OCH3 is 1. The van der Waals surface area contributed by atoms with Gasteiger partial charge in [0, 0.05) is 24.9 Å². The molecule has 1 N–H and O–H groups in total. The molecule has 0 saturated heterocycles. The van der Waals surface area contributed by atoms with Gasteiger partial charge in [-0.1, -0.05) is 0 Å². The molecule has 0 fully saturated rings. The highest BCUT2D eigenvalue weighted by Gasteiger charge is 2.19. The van der Waals surface area contributed by atoms with E-state index in [1.54, 1.807) is 13.3 Å². The van der Waals surface area contributed by atoms with E-state index in [0.717, 1.165) is 12.0 Å². The summed E-state index contributed by atoms with van der Waals surface area (Å²) in [4.78, 5) is 0. The van der Waals surface area contributed by atoms with E-state index < -0.39 is 6.10 Å². The van der Waals surface area contributed by atoms with Gasteiger partial charge in [-0.25, -0.2) is 0 Å². The molecule has 0 aliphatic carbocycles. The lowest BCUT2D eigenvalue weighted by Gasteiger charge is -2.23. The monoisotopic (exact) mass is 240 g/mol. The van der Waals surface area contributed by atoms with Crippen molar-refractivity contribution in [3.8, 4) is 0 Å². The van der Waals surface area contributed by atoms with Gasteiger partial charge in [0.15, 0.2) is 0 Å². The molecule has 0 bridgehead atoms. The SMILES string of the molecule is COC(C)(C)CCC(O)c1cnn(C(C)C)c1. The molecule has 1 aromatic rings. The number of nitrogens with zero attached hydrogens (tertiary/aromatic N) is 2. The number of rotatable bonds is 6. The Morgan fingerprint density at radius 1 is 1.47 bits per heavy atom. The first kappa shape index (κ1) is 14.2. The molecule has 1 atom stereocenters. The maximum atomic E-state index is 10.1. The zero-order valence-corrected chi connectivity index (χ0v) is 11.5. The third kappa shape index (κ3) is 4.13. The highest BCUT2D eigenvalue weighted by Crippen LogP contribution is 2.24. The third-order valence-corrected chi connectivity index (χ3v) is 3.11. The molecule has 0 aromatic carbocycles. The van der Waals surface area contributed by atoms with Gasteiger partial charge in [-0.2, -0.15) is 5.10 Å². The van der Waals surface area contributed by atoms with E-state index in [0.29, 0.717) is 12.5 Å². The minimum absolute atomic E-state index is 0.185. The van der Waals surface area contributed by atoms with Crippen LogP contribution >= 0.6 is 0 Å². The highest BCUT2D eigenvalue weighted by atomic mass is 16.5. The normalized spacial score (nSPS) is 14.3. The zero-order valence-electron chi connectivity index (χ0n) is 11.5. The molecule has 4 nitrogen and oxygen atoms in total. The topological polar surface area (TPSA) is 47.3 Å². The molecular weight excluding hydrogens is 216 g/mol. The van der Waals surface area contributed by atoms with Gasteiger partial charge in [0.2, 0.25) is 0 Å². The number of aliphatic hydroxyl groups is 1. The van der Waals surface area contributed by atoms with Crippen molar-refractivity contribution in [1.29, 1.82) is 0 Å². The van der Waals surface area contributed by atoms with Gasteiger partial charge >= 0.3 is 0 Å². The number of aromatic nitrogens is 2. The van der Waals surface area contributed by atoms with Crippen molar-refractivity contribution in [3.63, 3.8) is 0 Å². The van der Waals surface area contributed by atoms with Crippen molar-refractivity contribution in [2.45, 2.75) is 58.3 Å². The summed E-state index contributed by atoms with van der Waals surface area (Å²) < 4.78 is 7.20. The fourth-order valence-corrected chi connectivity index (χ4v) is 1.56. The van der Waals surface area contributed by atoms with Crippen LogP contribution in [0.15, 0.2) is 12.4 Å². The predicted octanol–water partition coefficient (Wildman–Crippen LogP) is 2.70. The second kappa shape index (κ2) is 5.65. The summed E-state index contributed by atoms with van der Waals surface area (Å²) in [6.45, 7) is 8.18. The van der Waals surface area contributed by atoms with Crippen molar-refractivity contribution in [1.82, 2.24) is 9.78 Å². The molecule has 4 heteroatoms. The highest BCUT2D eigenvalue weighted by molar-refractivity contribution is 5.08. The van der Waals surface area contributed by atoms with Crippen LogP contribution in [0, 0.1) is 0 Å². The average Bonchev–Trinajstić information content (AvgIpc) is 2.75. The molecule has 0 aliphatic heterocycles. The van der Waals surface area contributed by atoms with Gasteiger partial charge in [0.1, 0.15) is 0 Å². The molecule has 1 rings (SSSR count). The van der Waals surface area contributed by atoms with Gasteiger partial charge in [0.05, 0.1) is 17.9 Å². The van der Waals surface area contributed by atoms with E-state index in [1.165, 1.54) is 0 Å². The van der Waals surface area contributed by atoms with E-state index in [9.17, 15) is 5.11 Å². The van der Waals surface area contributed by atoms with Gasteiger partial charge < -0.3 is 9.84 Å². The van der Waals surface area contributed by atoms with Gasteiger partial charge in [0.25, 0.3) is 0 Å². The van der Waals surface area contributed by atoms with Crippen molar-refractivity contribution in [3.05, 3.63) is 18.0 Å². The Morgan fingerprint density at radius 3 is 2.59 bits per heavy atom. The van der Waals surface area contributed by atoms with Crippen LogP contribution in [0.25, 0.3) is 0 Å². The van der Waals surface area contributed by atoms with Crippen LogP contribution in [-0.4, -0.2) is 27.6 Å². The largest absolute Gasteiger partial charge is 0.388 e. The van der Waals surface area contributed by atoms with Gasteiger partial charge in [-0.15, -0.1) is 0 Å². The first-order valence-electron chi connectivity index (χ1n) is 6.13. The molecule has 98 valence electrons. The van der Waals surface area contributed by atoms with Crippen molar-refractivity contribution in [2.75, 3.05) is 7.11 Å². The van der Waals surface area contributed by atoms with E-state index in [2.05, 4.69) is 18.9 Å². The predicted molar refractivity (Wildman–Crippen MR) is 67.9 cm³/mol. The summed E-state index contributed by atoms with van der Waals surface area (Å²) in [5.74, 6) is 0. The van der Waals surface area contributed by atoms with Crippen molar-refractivity contribution < 1.29 is 9.84 Å². The molecule has 0 radical (unpaired) electrons. The summed E-state index contributed by atoms with van der Waals surface area (Å²) in [7, 11) is 1.70. The summed E-state index contributed by atoms with van der Waals surface area (Å²) in [6.07, 6.45) is 4.69. The van der Waals surface area contributed by atoms with E-state index in [-0.39, 0.29) is 5.60 Å². The summed E-state index contributed by atoms with van der Waals surface area (Å²) in [5, 5.41) is 14.3. The standard InChI is InChI=1S/C13H24N2O2/c1-10(2)15-9-11(8-14-15)12(16)6-7-13(3,4)17-5/h8-10,12,16H,6-7H2,1-5H3. The van der Waals surface area contributed by atoms with Gasteiger partial charge in [-0.05, 0) is 40.5 Å². The molecule has 1 unspecified atom stereocenters. The van der Waals surface area contributed by atoms with Crippen LogP contribution in [0.2, 0.25) is 0 Å². The lowest BCUT2D eigenvalue weighted by molar-refractivity contribution is 0.00278.